The molecule has 18 heavy (non-hydrogen) atoms. The quantitative estimate of drug-likeness (QED) is 0.902. The van der Waals surface area contributed by atoms with E-state index in [-0.39, 0.29) is 10.7 Å². The molecule has 0 atom stereocenters. The molecule has 0 radical (unpaired) electrons. The van der Waals surface area contributed by atoms with Gasteiger partial charge in [-0.25, -0.2) is 0 Å². The average molecular weight is 288 g/mol. The highest BCUT2D eigenvalue weighted by Gasteiger charge is 2.19. The van der Waals surface area contributed by atoms with Crippen LogP contribution in [0.3, 0.4) is 0 Å². The van der Waals surface area contributed by atoms with Crippen LogP contribution in [0, 0.1) is 11.3 Å². The van der Waals surface area contributed by atoms with Crippen LogP contribution in [0.5, 0.6) is 0 Å². The summed E-state index contributed by atoms with van der Waals surface area (Å²) in [5.41, 5.74) is 0.555. The molecule has 7 heteroatoms. The van der Waals surface area contributed by atoms with Gasteiger partial charge >= 0.3 is 10.2 Å². The first-order chi connectivity index (χ1) is 8.44. The predicted octanol–water partition coefficient (Wildman–Crippen LogP) is 2.21. The van der Waals surface area contributed by atoms with Crippen LogP contribution in [0.4, 0.5) is 5.69 Å². The zero-order valence-corrected chi connectivity index (χ0v) is 11.7. The molecular formula is C11H14ClN3O2S. The summed E-state index contributed by atoms with van der Waals surface area (Å²) in [4.78, 5) is 0. The van der Waals surface area contributed by atoms with E-state index < -0.39 is 10.2 Å². The monoisotopic (exact) mass is 287 g/mol. The minimum absolute atomic E-state index is 0.211. The van der Waals surface area contributed by atoms with Crippen LogP contribution in [0.2, 0.25) is 5.02 Å². The van der Waals surface area contributed by atoms with Crippen LogP contribution in [-0.2, 0) is 10.2 Å². The third-order valence-corrected chi connectivity index (χ3v) is 4.38. The summed E-state index contributed by atoms with van der Waals surface area (Å²) in [6, 6.07) is 6.35. The fourth-order valence-corrected chi connectivity index (χ4v) is 2.92. The first-order valence-electron chi connectivity index (χ1n) is 5.42. The SMILES string of the molecule is CCN(CC)S(=O)(=O)Nc1cc(C#N)ccc1Cl. The zero-order chi connectivity index (χ0) is 13.8. The molecule has 1 rings (SSSR count). The van der Waals surface area contributed by atoms with Crippen molar-refractivity contribution < 1.29 is 8.42 Å². The maximum absolute atomic E-state index is 12.0. The van der Waals surface area contributed by atoms with Crippen molar-refractivity contribution in [3.63, 3.8) is 0 Å². The van der Waals surface area contributed by atoms with E-state index in [1.807, 2.05) is 6.07 Å². The molecule has 0 spiro atoms. The van der Waals surface area contributed by atoms with E-state index in [4.69, 9.17) is 16.9 Å². The summed E-state index contributed by atoms with van der Waals surface area (Å²) < 4.78 is 27.6. The molecule has 0 unspecified atom stereocenters. The van der Waals surface area contributed by atoms with Crippen molar-refractivity contribution in [3.8, 4) is 6.07 Å². The van der Waals surface area contributed by atoms with E-state index >= 15 is 0 Å². The van der Waals surface area contributed by atoms with Gasteiger partial charge in [-0.2, -0.15) is 18.0 Å². The lowest BCUT2D eigenvalue weighted by Gasteiger charge is -2.19. The maximum atomic E-state index is 12.0. The second-order valence-corrected chi connectivity index (χ2v) is 5.58. The molecule has 1 aromatic carbocycles. The average Bonchev–Trinajstić information content (AvgIpc) is 2.33. The van der Waals surface area contributed by atoms with Gasteiger partial charge in [-0.15, -0.1) is 0 Å². The Labute approximate surface area is 112 Å². The summed E-state index contributed by atoms with van der Waals surface area (Å²) in [7, 11) is -3.63. The van der Waals surface area contributed by atoms with Crippen LogP contribution in [-0.4, -0.2) is 25.8 Å². The van der Waals surface area contributed by atoms with Crippen molar-refractivity contribution in [1.29, 1.82) is 5.26 Å². The topological polar surface area (TPSA) is 73.2 Å². The van der Waals surface area contributed by atoms with Gasteiger partial charge in [0, 0.05) is 13.1 Å². The Morgan fingerprint density at radius 2 is 2.00 bits per heavy atom. The number of nitriles is 1. The number of nitrogens with one attached hydrogen (secondary N) is 1. The predicted molar refractivity (Wildman–Crippen MR) is 71.6 cm³/mol. The van der Waals surface area contributed by atoms with Gasteiger partial charge in [-0.3, -0.25) is 4.72 Å². The highest BCUT2D eigenvalue weighted by molar-refractivity contribution is 7.90. The van der Waals surface area contributed by atoms with Crippen molar-refractivity contribution in [1.82, 2.24) is 4.31 Å². The van der Waals surface area contributed by atoms with Crippen molar-refractivity contribution in [2.75, 3.05) is 17.8 Å². The number of hydrogen-bond acceptors (Lipinski definition) is 3. The third kappa shape index (κ3) is 3.35. The van der Waals surface area contributed by atoms with Gasteiger partial charge < -0.3 is 0 Å². The van der Waals surface area contributed by atoms with Crippen LogP contribution in [0.15, 0.2) is 18.2 Å². The molecule has 0 saturated heterocycles. The van der Waals surface area contributed by atoms with E-state index in [9.17, 15) is 8.42 Å². The Bertz CT molecular complexity index is 562. The molecule has 98 valence electrons. The Kier molecular flexibility index (Phi) is 4.96. The van der Waals surface area contributed by atoms with Gasteiger partial charge in [-0.05, 0) is 18.2 Å². The molecule has 0 heterocycles. The minimum atomic E-state index is -3.63. The molecule has 0 aliphatic heterocycles. The Balaban J connectivity index is 3.08. The Morgan fingerprint density at radius 3 is 2.50 bits per heavy atom. The maximum Gasteiger partial charge on any atom is 0.301 e. The summed E-state index contributed by atoms with van der Waals surface area (Å²) in [6.45, 7) is 4.22. The molecule has 0 bridgehead atoms. The van der Waals surface area contributed by atoms with E-state index in [1.54, 1.807) is 13.8 Å². The van der Waals surface area contributed by atoms with Gasteiger partial charge in [0.2, 0.25) is 0 Å². The summed E-state index contributed by atoms with van der Waals surface area (Å²) in [5, 5.41) is 9.03. The Morgan fingerprint density at radius 1 is 1.39 bits per heavy atom. The lowest BCUT2D eigenvalue weighted by Crippen LogP contribution is -2.35. The van der Waals surface area contributed by atoms with Crippen molar-refractivity contribution in [2.24, 2.45) is 0 Å². The van der Waals surface area contributed by atoms with Crippen LogP contribution in [0.25, 0.3) is 0 Å². The number of rotatable bonds is 5. The van der Waals surface area contributed by atoms with Crippen molar-refractivity contribution >= 4 is 27.5 Å². The second kappa shape index (κ2) is 6.05. The fourth-order valence-electron chi connectivity index (χ4n) is 1.44. The smallest absolute Gasteiger partial charge is 0.269 e. The van der Waals surface area contributed by atoms with Gasteiger partial charge in [0.15, 0.2) is 0 Å². The highest BCUT2D eigenvalue weighted by atomic mass is 35.5. The molecule has 0 amide bonds. The highest BCUT2D eigenvalue weighted by Crippen LogP contribution is 2.24. The molecule has 0 aliphatic carbocycles. The molecule has 0 saturated carbocycles. The number of hydrogen-bond donors (Lipinski definition) is 1. The third-order valence-electron chi connectivity index (χ3n) is 2.38. The van der Waals surface area contributed by atoms with Gasteiger partial charge in [0.1, 0.15) is 0 Å². The van der Waals surface area contributed by atoms with Crippen LogP contribution >= 0.6 is 11.6 Å². The fraction of sp³-hybridized carbons (Fsp3) is 0.364. The van der Waals surface area contributed by atoms with E-state index in [0.29, 0.717) is 18.7 Å². The normalized spacial score (nSPS) is 11.3. The van der Waals surface area contributed by atoms with Crippen molar-refractivity contribution in [3.05, 3.63) is 28.8 Å². The lowest BCUT2D eigenvalue weighted by molar-refractivity contribution is 0.449. The molecule has 0 fully saturated rings. The molecular weight excluding hydrogens is 274 g/mol. The van der Waals surface area contributed by atoms with E-state index in [2.05, 4.69) is 4.72 Å². The molecule has 0 aliphatic rings. The van der Waals surface area contributed by atoms with Crippen molar-refractivity contribution in [2.45, 2.75) is 13.8 Å². The molecule has 0 aromatic heterocycles. The number of halogens is 1. The molecule has 1 aromatic rings. The van der Waals surface area contributed by atoms with Gasteiger partial charge in [0.05, 0.1) is 22.3 Å². The van der Waals surface area contributed by atoms with E-state index in [0.717, 1.165) is 0 Å². The van der Waals surface area contributed by atoms with Gasteiger partial charge in [0.25, 0.3) is 0 Å². The second-order valence-electron chi connectivity index (χ2n) is 3.50. The lowest BCUT2D eigenvalue weighted by atomic mass is 10.2. The van der Waals surface area contributed by atoms with Crippen LogP contribution < -0.4 is 4.72 Å². The first kappa shape index (κ1) is 14.8. The Hall–Kier alpha value is -1.29. The number of benzene rings is 1. The molecule has 1 N–H and O–H groups in total. The first-order valence-corrected chi connectivity index (χ1v) is 7.24. The number of nitrogens with zero attached hydrogens (tertiary/aromatic N) is 2. The standard InChI is InChI=1S/C11H14ClN3O2S/c1-3-15(4-2)18(16,17)14-11-7-9(8-13)5-6-10(11)12/h5-7,14H,3-4H2,1-2H3. The zero-order valence-electron chi connectivity index (χ0n) is 10.1. The summed E-state index contributed by atoms with van der Waals surface area (Å²) in [6.07, 6.45) is 0. The van der Waals surface area contributed by atoms with Crippen LogP contribution in [0.1, 0.15) is 19.4 Å². The van der Waals surface area contributed by atoms with Gasteiger partial charge in [-0.1, -0.05) is 25.4 Å². The van der Waals surface area contributed by atoms with E-state index in [1.165, 1.54) is 22.5 Å². The summed E-state index contributed by atoms with van der Waals surface area (Å²) in [5.74, 6) is 0. The largest absolute Gasteiger partial charge is 0.301 e. The minimum Gasteiger partial charge on any atom is -0.269 e. The number of anilines is 1. The molecule has 5 nitrogen and oxygen atoms in total. The summed E-state index contributed by atoms with van der Waals surface area (Å²) >= 11 is 5.90.